The van der Waals surface area contributed by atoms with Crippen molar-refractivity contribution in [2.75, 3.05) is 11.5 Å². The average Bonchev–Trinajstić information content (AvgIpc) is 2.19. The van der Waals surface area contributed by atoms with Crippen molar-refractivity contribution in [2.45, 2.75) is 12.6 Å². The Labute approximate surface area is 96.8 Å². The molecule has 0 atom stereocenters. The standard InChI is InChI=1S/C10H11F3N2S/c11-10(12,13)8-5-7(3-1-2-4-16)6-15-9(8)14/h1,3,5-6,16H,2,4H2,(H2,14,15). The van der Waals surface area contributed by atoms with Crippen molar-refractivity contribution in [1.82, 2.24) is 4.98 Å². The minimum Gasteiger partial charge on any atom is -0.383 e. The van der Waals surface area contributed by atoms with Crippen molar-refractivity contribution in [3.63, 3.8) is 0 Å². The van der Waals surface area contributed by atoms with Gasteiger partial charge in [-0.05, 0) is 23.8 Å². The maximum atomic E-state index is 12.5. The predicted octanol–water partition coefficient (Wildman–Crippen LogP) is 3.02. The second-order valence-electron chi connectivity index (χ2n) is 3.11. The molecule has 88 valence electrons. The first-order chi connectivity index (χ1) is 7.45. The number of alkyl halides is 3. The topological polar surface area (TPSA) is 38.9 Å². The van der Waals surface area contributed by atoms with Crippen molar-refractivity contribution in [1.29, 1.82) is 0 Å². The Kier molecular flexibility index (Phi) is 4.23. The minimum absolute atomic E-state index is 0.378. The van der Waals surface area contributed by atoms with Crippen LogP contribution in [0.2, 0.25) is 0 Å². The van der Waals surface area contributed by atoms with E-state index in [1.807, 2.05) is 0 Å². The summed E-state index contributed by atoms with van der Waals surface area (Å²) in [6.45, 7) is 0. The first-order valence-electron chi connectivity index (χ1n) is 4.55. The predicted molar refractivity (Wildman–Crippen MR) is 61.2 cm³/mol. The van der Waals surface area contributed by atoms with Gasteiger partial charge >= 0.3 is 6.18 Å². The molecule has 0 unspecified atom stereocenters. The molecule has 1 aromatic rings. The summed E-state index contributed by atoms with van der Waals surface area (Å²) in [4.78, 5) is 3.51. The molecular formula is C10H11F3N2S. The summed E-state index contributed by atoms with van der Waals surface area (Å²) in [7, 11) is 0. The van der Waals surface area contributed by atoms with Crippen LogP contribution in [0.4, 0.5) is 19.0 Å². The van der Waals surface area contributed by atoms with E-state index in [1.165, 1.54) is 6.20 Å². The fourth-order valence-corrected chi connectivity index (χ4v) is 1.25. The van der Waals surface area contributed by atoms with Gasteiger partial charge in [-0.1, -0.05) is 12.2 Å². The van der Waals surface area contributed by atoms with E-state index in [2.05, 4.69) is 17.6 Å². The van der Waals surface area contributed by atoms with Crippen LogP contribution in [0.5, 0.6) is 0 Å². The normalized spacial score (nSPS) is 12.2. The van der Waals surface area contributed by atoms with E-state index in [0.717, 1.165) is 6.07 Å². The molecule has 0 aliphatic heterocycles. The van der Waals surface area contributed by atoms with Crippen LogP contribution in [-0.2, 0) is 6.18 Å². The van der Waals surface area contributed by atoms with Gasteiger partial charge in [0.05, 0.1) is 5.56 Å². The molecule has 0 bridgehead atoms. The van der Waals surface area contributed by atoms with E-state index in [9.17, 15) is 13.2 Å². The molecule has 6 heteroatoms. The highest BCUT2D eigenvalue weighted by atomic mass is 32.1. The first-order valence-corrected chi connectivity index (χ1v) is 5.18. The zero-order valence-corrected chi connectivity index (χ0v) is 9.22. The molecule has 0 aliphatic carbocycles. The molecule has 2 N–H and O–H groups in total. The zero-order valence-electron chi connectivity index (χ0n) is 8.33. The summed E-state index contributed by atoms with van der Waals surface area (Å²) in [5.41, 5.74) is 4.64. The van der Waals surface area contributed by atoms with Crippen LogP contribution in [0.3, 0.4) is 0 Å². The number of aromatic nitrogens is 1. The molecule has 0 saturated heterocycles. The number of nitrogens with two attached hydrogens (primary N) is 1. The van der Waals surface area contributed by atoms with E-state index in [0.29, 0.717) is 17.7 Å². The Bertz CT molecular complexity index is 388. The van der Waals surface area contributed by atoms with Crippen LogP contribution in [0.25, 0.3) is 6.08 Å². The lowest BCUT2D eigenvalue weighted by atomic mass is 10.1. The van der Waals surface area contributed by atoms with E-state index in [4.69, 9.17) is 5.73 Å². The molecule has 2 nitrogen and oxygen atoms in total. The Morgan fingerprint density at radius 1 is 1.44 bits per heavy atom. The average molecular weight is 248 g/mol. The van der Waals surface area contributed by atoms with Crippen LogP contribution in [0.1, 0.15) is 17.5 Å². The number of hydrogen-bond acceptors (Lipinski definition) is 3. The van der Waals surface area contributed by atoms with Crippen LogP contribution in [0, 0.1) is 0 Å². The van der Waals surface area contributed by atoms with Crippen molar-refractivity contribution in [3.05, 3.63) is 29.5 Å². The molecule has 0 spiro atoms. The van der Waals surface area contributed by atoms with Crippen molar-refractivity contribution in [2.24, 2.45) is 0 Å². The summed E-state index contributed by atoms with van der Waals surface area (Å²) < 4.78 is 37.4. The highest BCUT2D eigenvalue weighted by Gasteiger charge is 2.33. The highest BCUT2D eigenvalue weighted by molar-refractivity contribution is 7.80. The first kappa shape index (κ1) is 12.9. The second kappa shape index (κ2) is 5.25. The molecule has 0 radical (unpaired) electrons. The van der Waals surface area contributed by atoms with E-state index in [1.54, 1.807) is 12.2 Å². The van der Waals surface area contributed by atoms with E-state index in [-0.39, 0.29) is 0 Å². The summed E-state index contributed by atoms with van der Waals surface area (Å²) in [5.74, 6) is 0.143. The number of pyridine rings is 1. The number of allylic oxidation sites excluding steroid dienone is 1. The van der Waals surface area contributed by atoms with E-state index < -0.39 is 17.6 Å². The number of hydrogen-bond donors (Lipinski definition) is 2. The van der Waals surface area contributed by atoms with Gasteiger partial charge in [0.2, 0.25) is 0 Å². The molecule has 0 aromatic carbocycles. The van der Waals surface area contributed by atoms with Gasteiger partial charge in [-0.2, -0.15) is 25.8 Å². The van der Waals surface area contributed by atoms with Gasteiger partial charge in [-0.15, -0.1) is 0 Å². The van der Waals surface area contributed by atoms with Gasteiger partial charge in [0.1, 0.15) is 5.82 Å². The Hall–Kier alpha value is -1.17. The largest absolute Gasteiger partial charge is 0.419 e. The summed E-state index contributed by atoms with van der Waals surface area (Å²) >= 11 is 3.98. The van der Waals surface area contributed by atoms with Gasteiger partial charge in [0.25, 0.3) is 0 Å². The fourth-order valence-electron chi connectivity index (χ4n) is 1.10. The number of halogens is 3. The Morgan fingerprint density at radius 2 is 2.12 bits per heavy atom. The van der Waals surface area contributed by atoms with Crippen LogP contribution >= 0.6 is 12.6 Å². The monoisotopic (exact) mass is 248 g/mol. The minimum atomic E-state index is -4.47. The second-order valence-corrected chi connectivity index (χ2v) is 3.56. The van der Waals surface area contributed by atoms with Gasteiger partial charge in [-0.25, -0.2) is 4.98 Å². The third-order valence-electron chi connectivity index (χ3n) is 1.85. The molecule has 0 aliphatic rings. The van der Waals surface area contributed by atoms with Crippen LogP contribution in [0.15, 0.2) is 18.3 Å². The lowest BCUT2D eigenvalue weighted by Crippen LogP contribution is -2.10. The number of nitrogens with zero attached hydrogens (tertiary/aromatic N) is 1. The van der Waals surface area contributed by atoms with Crippen LogP contribution < -0.4 is 5.73 Å². The maximum Gasteiger partial charge on any atom is 0.419 e. The Balaban J connectivity index is 2.99. The molecule has 0 fully saturated rings. The molecule has 0 saturated carbocycles. The SMILES string of the molecule is Nc1ncc(C=CCCS)cc1C(F)(F)F. The highest BCUT2D eigenvalue weighted by Crippen LogP contribution is 2.33. The van der Waals surface area contributed by atoms with E-state index >= 15 is 0 Å². The molecule has 1 heterocycles. The van der Waals surface area contributed by atoms with Gasteiger partial charge < -0.3 is 5.73 Å². The number of nitrogen functional groups attached to an aromatic ring is 1. The molecule has 0 amide bonds. The number of thiol groups is 1. The summed E-state index contributed by atoms with van der Waals surface area (Å²) in [5, 5.41) is 0. The maximum absolute atomic E-state index is 12.5. The lowest BCUT2D eigenvalue weighted by Gasteiger charge is -2.09. The summed E-state index contributed by atoms with van der Waals surface area (Å²) in [6, 6.07) is 0.983. The number of rotatable bonds is 3. The third kappa shape index (κ3) is 3.44. The lowest BCUT2D eigenvalue weighted by molar-refractivity contribution is -0.137. The smallest absolute Gasteiger partial charge is 0.383 e. The van der Waals surface area contributed by atoms with Crippen LogP contribution in [-0.4, -0.2) is 10.7 Å². The van der Waals surface area contributed by atoms with Crippen molar-refractivity contribution >= 4 is 24.5 Å². The number of anilines is 1. The zero-order chi connectivity index (χ0) is 12.2. The Morgan fingerprint density at radius 3 is 2.69 bits per heavy atom. The van der Waals surface area contributed by atoms with Gasteiger partial charge in [0, 0.05) is 6.20 Å². The van der Waals surface area contributed by atoms with Crippen molar-refractivity contribution < 1.29 is 13.2 Å². The van der Waals surface area contributed by atoms with Gasteiger partial charge in [0.15, 0.2) is 0 Å². The quantitative estimate of drug-likeness (QED) is 0.807. The molecule has 16 heavy (non-hydrogen) atoms. The van der Waals surface area contributed by atoms with Gasteiger partial charge in [-0.3, -0.25) is 0 Å². The fraction of sp³-hybridized carbons (Fsp3) is 0.300. The molecular weight excluding hydrogens is 237 g/mol. The molecule has 1 rings (SSSR count). The molecule has 1 aromatic heterocycles. The summed E-state index contributed by atoms with van der Waals surface area (Å²) in [6.07, 6.45) is 0.831. The van der Waals surface area contributed by atoms with Crippen molar-refractivity contribution in [3.8, 4) is 0 Å². The third-order valence-corrected chi connectivity index (χ3v) is 2.11.